The molecule has 0 atom stereocenters. The van der Waals surface area contributed by atoms with Gasteiger partial charge in [-0.25, -0.2) is 0 Å². The Balaban J connectivity index is 1.42. The molecule has 0 aromatic heterocycles. The largest absolute Gasteiger partial charge is 0.493 e. The van der Waals surface area contributed by atoms with Gasteiger partial charge in [0.2, 0.25) is 0 Å². The molecule has 0 saturated carbocycles. The fourth-order valence-corrected chi connectivity index (χ4v) is 3.63. The Bertz CT molecular complexity index is 1380. The number of benzene rings is 3. The van der Waals surface area contributed by atoms with Gasteiger partial charge in [-0.05, 0) is 48.4 Å². The van der Waals surface area contributed by atoms with E-state index < -0.39 is 4.92 Å². The lowest BCUT2D eigenvalue weighted by molar-refractivity contribution is -0.384. The van der Waals surface area contributed by atoms with Crippen LogP contribution < -0.4 is 19.8 Å². The number of nitro groups is 1. The Morgan fingerprint density at radius 2 is 1.81 bits per heavy atom. The van der Waals surface area contributed by atoms with E-state index in [1.807, 2.05) is 30.3 Å². The van der Waals surface area contributed by atoms with Crippen LogP contribution in [0.1, 0.15) is 18.1 Å². The van der Waals surface area contributed by atoms with Gasteiger partial charge in [0.05, 0.1) is 29.0 Å². The minimum atomic E-state index is -0.507. The second-order valence-corrected chi connectivity index (χ2v) is 8.10. The van der Waals surface area contributed by atoms with Gasteiger partial charge in [-0.2, -0.15) is 10.1 Å². The Hall–Kier alpha value is -4.99. The van der Waals surface area contributed by atoms with E-state index in [-0.39, 0.29) is 24.1 Å². The van der Waals surface area contributed by atoms with Gasteiger partial charge in [-0.3, -0.25) is 19.7 Å². The molecule has 0 aliphatic carbocycles. The minimum Gasteiger partial charge on any atom is -0.493 e. The smallest absolute Gasteiger partial charge is 0.280 e. The van der Waals surface area contributed by atoms with E-state index in [1.54, 1.807) is 31.2 Å². The predicted octanol–water partition coefficient (Wildman–Crippen LogP) is 4.10. The van der Waals surface area contributed by atoms with Crippen molar-refractivity contribution in [3.8, 4) is 11.5 Å². The van der Waals surface area contributed by atoms with Crippen molar-refractivity contribution in [2.75, 3.05) is 18.7 Å². The number of non-ortho nitro benzene ring substituents is 1. The Labute approximate surface area is 213 Å². The van der Waals surface area contributed by atoms with E-state index in [9.17, 15) is 19.7 Å². The molecular formula is C27H24N4O6. The maximum absolute atomic E-state index is 13.0. The number of rotatable bonds is 9. The zero-order valence-corrected chi connectivity index (χ0v) is 20.2. The molecule has 0 bridgehead atoms. The summed E-state index contributed by atoms with van der Waals surface area (Å²) >= 11 is 0. The van der Waals surface area contributed by atoms with Gasteiger partial charge in [-0.1, -0.05) is 36.4 Å². The van der Waals surface area contributed by atoms with Crippen molar-refractivity contribution in [1.29, 1.82) is 0 Å². The summed E-state index contributed by atoms with van der Waals surface area (Å²) in [6.45, 7) is 1.93. The SMILES string of the molecule is COc1cc(C=C2C(=O)N(c3ccc([N+](=O)[O-])cc3)N=C2C)ccc1OCC(=O)NCc1ccccc1. The third kappa shape index (κ3) is 5.99. The molecule has 2 amide bonds. The summed E-state index contributed by atoms with van der Waals surface area (Å²) in [5.74, 6) is 0.153. The fraction of sp³-hybridized carbons (Fsp3) is 0.148. The maximum atomic E-state index is 13.0. The molecule has 3 aromatic carbocycles. The van der Waals surface area contributed by atoms with E-state index in [0.717, 1.165) is 5.56 Å². The van der Waals surface area contributed by atoms with Gasteiger partial charge < -0.3 is 14.8 Å². The monoisotopic (exact) mass is 500 g/mol. The third-order valence-corrected chi connectivity index (χ3v) is 5.56. The topological polar surface area (TPSA) is 123 Å². The Kier molecular flexibility index (Phi) is 7.58. The van der Waals surface area contributed by atoms with Crippen molar-refractivity contribution in [2.24, 2.45) is 5.10 Å². The molecule has 4 rings (SSSR count). The predicted molar refractivity (Wildman–Crippen MR) is 138 cm³/mol. The average Bonchev–Trinajstić information content (AvgIpc) is 3.20. The lowest BCUT2D eigenvalue weighted by Crippen LogP contribution is -2.28. The van der Waals surface area contributed by atoms with E-state index in [2.05, 4.69) is 10.4 Å². The van der Waals surface area contributed by atoms with Crippen LogP contribution in [0.4, 0.5) is 11.4 Å². The van der Waals surface area contributed by atoms with Gasteiger partial charge >= 0.3 is 0 Å². The number of hydrogen-bond acceptors (Lipinski definition) is 7. The number of nitrogens with zero attached hydrogens (tertiary/aromatic N) is 3. The van der Waals surface area contributed by atoms with E-state index in [4.69, 9.17) is 9.47 Å². The lowest BCUT2D eigenvalue weighted by Gasteiger charge is -2.12. The minimum absolute atomic E-state index is 0.0741. The number of nitro benzene ring substituents is 1. The third-order valence-electron chi connectivity index (χ3n) is 5.56. The Morgan fingerprint density at radius 1 is 1.08 bits per heavy atom. The molecule has 10 heteroatoms. The first-order valence-electron chi connectivity index (χ1n) is 11.3. The molecule has 1 aliphatic rings. The highest BCUT2D eigenvalue weighted by atomic mass is 16.6. The van der Waals surface area contributed by atoms with Crippen LogP contribution in [-0.4, -0.2) is 36.2 Å². The van der Waals surface area contributed by atoms with Crippen LogP contribution in [0.15, 0.2) is 83.5 Å². The number of carbonyl (C=O) groups is 2. The van der Waals surface area contributed by atoms with Gasteiger partial charge in [0.15, 0.2) is 18.1 Å². The molecule has 0 radical (unpaired) electrons. The van der Waals surface area contributed by atoms with Gasteiger partial charge in [0.1, 0.15) is 0 Å². The van der Waals surface area contributed by atoms with Crippen LogP contribution in [0, 0.1) is 10.1 Å². The maximum Gasteiger partial charge on any atom is 0.280 e. The summed E-state index contributed by atoms with van der Waals surface area (Å²) < 4.78 is 11.1. The highest BCUT2D eigenvalue weighted by Gasteiger charge is 2.29. The highest BCUT2D eigenvalue weighted by Crippen LogP contribution is 2.31. The molecule has 0 fully saturated rings. The van der Waals surface area contributed by atoms with E-state index >= 15 is 0 Å². The quantitative estimate of drug-likeness (QED) is 0.268. The van der Waals surface area contributed by atoms with Crippen molar-refractivity contribution in [2.45, 2.75) is 13.5 Å². The number of hydrogen-bond donors (Lipinski definition) is 1. The highest BCUT2D eigenvalue weighted by molar-refractivity contribution is 6.32. The number of carbonyl (C=O) groups excluding carboxylic acids is 2. The first-order valence-corrected chi connectivity index (χ1v) is 11.3. The van der Waals surface area contributed by atoms with Crippen molar-refractivity contribution >= 4 is 35.0 Å². The zero-order valence-electron chi connectivity index (χ0n) is 20.2. The van der Waals surface area contributed by atoms with Gasteiger partial charge in [-0.15, -0.1) is 0 Å². The molecule has 37 heavy (non-hydrogen) atoms. The summed E-state index contributed by atoms with van der Waals surface area (Å²) in [6.07, 6.45) is 1.67. The molecular weight excluding hydrogens is 476 g/mol. The molecule has 10 nitrogen and oxygen atoms in total. The molecule has 0 saturated heterocycles. The van der Waals surface area contributed by atoms with Crippen LogP contribution in [0.2, 0.25) is 0 Å². The number of hydrazone groups is 1. The standard InChI is InChI=1S/C27H24N4O6/c1-18-23(27(33)30(29-18)21-9-11-22(12-10-21)31(34)35)14-20-8-13-24(25(15-20)36-2)37-17-26(32)28-16-19-6-4-3-5-7-19/h3-15H,16-17H2,1-2H3,(H,28,32). The first kappa shape index (κ1) is 25.1. The molecule has 188 valence electrons. The summed E-state index contributed by atoms with van der Waals surface area (Å²) in [5, 5.41) is 19.2. The molecule has 0 unspecified atom stereocenters. The van der Waals surface area contributed by atoms with Crippen LogP contribution in [-0.2, 0) is 16.1 Å². The van der Waals surface area contributed by atoms with E-state index in [0.29, 0.717) is 40.6 Å². The van der Waals surface area contributed by atoms with E-state index in [1.165, 1.54) is 36.4 Å². The average molecular weight is 501 g/mol. The summed E-state index contributed by atoms with van der Waals surface area (Å²) in [4.78, 5) is 35.6. The van der Waals surface area contributed by atoms with Gasteiger partial charge in [0.25, 0.3) is 17.5 Å². The molecule has 1 heterocycles. The van der Waals surface area contributed by atoms with Crippen molar-refractivity contribution in [1.82, 2.24) is 5.32 Å². The molecule has 3 aromatic rings. The number of ether oxygens (including phenoxy) is 2. The number of amides is 2. The fourth-order valence-electron chi connectivity index (χ4n) is 3.63. The van der Waals surface area contributed by atoms with Crippen LogP contribution in [0.3, 0.4) is 0 Å². The lowest BCUT2D eigenvalue weighted by atomic mass is 10.1. The number of nitrogens with one attached hydrogen (secondary N) is 1. The van der Waals surface area contributed by atoms with Crippen molar-refractivity contribution < 1.29 is 24.0 Å². The summed E-state index contributed by atoms with van der Waals surface area (Å²) in [6, 6.07) is 20.2. The zero-order chi connectivity index (χ0) is 26.4. The molecule has 1 N–H and O–H groups in total. The Morgan fingerprint density at radius 3 is 2.49 bits per heavy atom. The van der Waals surface area contributed by atoms with Crippen molar-refractivity contribution in [3.63, 3.8) is 0 Å². The molecule has 1 aliphatic heterocycles. The normalized spacial score (nSPS) is 13.9. The second-order valence-electron chi connectivity index (χ2n) is 8.10. The number of methoxy groups -OCH3 is 1. The van der Waals surface area contributed by atoms with Crippen LogP contribution >= 0.6 is 0 Å². The second kappa shape index (κ2) is 11.2. The number of anilines is 1. The first-order chi connectivity index (χ1) is 17.9. The summed E-state index contributed by atoms with van der Waals surface area (Å²) in [5.41, 5.74) is 2.87. The van der Waals surface area contributed by atoms with Crippen LogP contribution in [0.5, 0.6) is 11.5 Å². The molecule has 0 spiro atoms. The van der Waals surface area contributed by atoms with Crippen molar-refractivity contribution in [3.05, 3.63) is 99.6 Å². The van der Waals surface area contributed by atoms with Gasteiger partial charge in [0, 0.05) is 18.7 Å². The summed E-state index contributed by atoms with van der Waals surface area (Å²) in [7, 11) is 1.48. The van der Waals surface area contributed by atoms with Crippen LogP contribution in [0.25, 0.3) is 6.08 Å².